The molecule has 2 aromatic rings. The Morgan fingerprint density at radius 2 is 1.90 bits per heavy atom. The van der Waals surface area contributed by atoms with Gasteiger partial charge in [-0.05, 0) is 36.8 Å². The van der Waals surface area contributed by atoms with Crippen molar-refractivity contribution in [2.24, 2.45) is 10.3 Å². The van der Waals surface area contributed by atoms with E-state index in [2.05, 4.69) is 15.7 Å². The first kappa shape index (κ1) is 19.0. The van der Waals surface area contributed by atoms with Crippen LogP contribution in [0.2, 0.25) is 0 Å². The lowest BCUT2D eigenvalue weighted by molar-refractivity contribution is -0.123. The summed E-state index contributed by atoms with van der Waals surface area (Å²) in [5, 5.41) is 11.9. The van der Waals surface area contributed by atoms with Gasteiger partial charge in [0.15, 0.2) is 23.6 Å². The zero-order chi connectivity index (χ0) is 21.5. The third-order valence-electron chi connectivity index (χ3n) is 5.25. The molecule has 10 nitrogen and oxygen atoms in total. The van der Waals surface area contributed by atoms with E-state index in [0.29, 0.717) is 36.1 Å². The van der Waals surface area contributed by atoms with E-state index >= 15 is 0 Å². The number of benzene rings is 2. The van der Waals surface area contributed by atoms with E-state index in [1.54, 1.807) is 24.3 Å². The average molecular weight is 421 g/mol. The van der Waals surface area contributed by atoms with Crippen LogP contribution in [0.15, 0.2) is 52.8 Å². The number of amides is 3. The van der Waals surface area contributed by atoms with Crippen molar-refractivity contribution in [1.29, 1.82) is 0 Å². The summed E-state index contributed by atoms with van der Waals surface area (Å²) in [5.41, 5.74) is 2.02. The maximum absolute atomic E-state index is 13.1. The van der Waals surface area contributed by atoms with Crippen molar-refractivity contribution in [3.63, 3.8) is 0 Å². The number of imide groups is 1. The molecule has 0 radical (unpaired) electrons. The number of hydrogen-bond acceptors (Lipinski definition) is 8. The molecule has 1 fully saturated rings. The fraction of sp³-hybridized carbons (Fsp3) is 0.286. The van der Waals surface area contributed by atoms with Gasteiger partial charge in [-0.3, -0.25) is 19.4 Å². The Labute approximate surface area is 177 Å². The molecule has 0 unspecified atom stereocenters. The highest BCUT2D eigenvalue weighted by molar-refractivity contribution is 6.25. The number of rotatable bonds is 4. The van der Waals surface area contributed by atoms with Crippen LogP contribution in [0.1, 0.15) is 5.56 Å². The minimum atomic E-state index is -0.979. The molecule has 0 aliphatic carbocycles. The molecule has 3 aliphatic rings. The van der Waals surface area contributed by atoms with Gasteiger partial charge in [0.05, 0.1) is 5.69 Å². The van der Waals surface area contributed by atoms with E-state index < -0.39 is 23.9 Å². The number of carbonyl (C=O) groups excluding carboxylic acids is 3. The van der Waals surface area contributed by atoms with Crippen LogP contribution >= 0.6 is 0 Å². The van der Waals surface area contributed by atoms with E-state index in [9.17, 15) is 14.4 Å². The third-order valence-corrected chi connectivity index (χ3v) is 5.25. The average Bonchev–Trinajstić information content (AvgIpc) is 3.27. The van der Waals surface area contributed by atoms with Crippen LogP contribution < -0.4 is 19.7 Å². The van der Waals surface area contributed by atoms with Crippen molar-refractivity contribution in [3.8, 4) is 11.5 Å². The molecule has 0 bridgehead atoms. The van der Waals surface area contributed by atoms with Crippen LogP contribution in [0.4, 0.5) is 11.4 Å². The van der Waals surface area contributed by atoms with E-state index in [1.165, 1.54) is 5.01 Å². The highest BCUT2D eigenvalue weighted by atomic mass is 16.6. The van der Waals surface area contributed by atoms with E-state index in [0.717, 1.165) is 10.5 Å². The largest absolute Gasteiger partial charge is 0.486 e. The standard InChI is InChI=1S/C21H19N5O5/c1-12-3-2-4-13(9-12)22-17(27)11-25-19-18(23-24-25)20(28)26(21(19)29)14-5-6-15-16(10-14)31-8-7-30-15/h2-6,9-10,18-19H,7-8,11H2,1H3,(H,22,27)/t18-,19+/m1/s1. The lowest BCUT2D eigenvalue weighted by atomic mass is 10.1. The third kappa shape index (κ3) is 3.35. The Kier molecular flexibility index (Phi) is 4.54. The molecule has 5 rings (SSSR count). The van der Waals surface area contributed by atoms with Gasteiger partial charge >= 0.3 is 0 Å². The molecule has 0 saturated carbocycles. The van der Waals surface area contributed by atoms with Crippen LogP contribution in [0.25, 0.3) is 0 Å². The number of carbonyl (C=O) groups is 3. The Balaban J connectivity index is 1.32. The quantitative estimate of drug-likeness (QED) is 0.752. The molecule has 2 aromatic carbocycles. The Morgan fingerprint density at radius 1 is 1.10 bits per heavy atom. The molecule has 3 aliphatic heterocycles. The van der Waals surface area contributed by atoms with E-state index in [4.69, 9.17) is 9.47 Å². The SMILES string of the molecule is Cc1cccc(NC(=O)CN2N=N[C@H]3C(=O)N(c4ccc5c(c4)OCCO5)C(=O)[C@H]32)c1. The predicted molar refractivity (Wildman–Crippen MR) is 109 cm³/mol. The molecule has 10 heteroatoms. The minimum Gasteiger partial charge on any atom is -0.486 e. The Morgan fingerprint density at radius 3 is 2.71 bits per heavy atom. The second-order valence-corrected chi connectivity index (χ2v) is 7.45. The second kappa shape index (κ2) is 7.38. The highest BCUT2D eigenvalue weighted by Gasteiger charge is 2.55. The first-order chi connectivity index (χ1) is 15.0. The van der Waals surface area contributed by atoms with Crippen molar-refractivity contribution < 1.29 is 23.9 Å². The normalized spacial score (nSPS) is 21.5. The minimum absolute atomic E-state index is 0.202. The van der Waals surface area contributed by atoms with Gasteiger partial charge in [-0.15, -0.1) is 0 Å². The molecule has 1 saturated heterocycles. The summed E-state index contributed by atoms with van der Waals surface area (Å²) in [6, 6.07) is 10.3. The number of fused-ring (bicyclic) bond motifs is 2. The molecule has 0 spiro atoms. The van der Waals surface area contributed by atoms with Crippen LogP contribution in [-0.2, 0) is 14.4 Å². The van der Waals surface area contributed by atoms with Gasteiger partial charge in [-0.1, -0.05) is 17.4 Å². The van der Waals surface area contributed by atoms with Crippen LogP contribution in [0, 0.1) is 6.92 Å². The topological polar surface area (TPSA) is 113 Å². The van der Waals surface area contributed by atoms with Gasteiger partial charge in [-0.25, -0.2) is 4.90 Å². The van der Waals surface area contributed by atoms with Crippen LogP contribution in [0.3, 0.4) is 0 Å². The number of nitrogens with zero attached hydrogens (tertiary/aromatic N) is 4. The summed E-state index contributed by atoms with van der Waals surface area (Å²) in [5.74, 6) is -0.305. The number of anilines is 2. The van der Waals surface area contributed by atoms with Crippen LogP contribution in [0.5, 0.6) is 11.5 Å². The summed E-state index contributed by atoms with van der Waals surface area (Å²) in [4.78, 5) is 39.5. The van der Waals surface area contributed by atoms with Crippen molar-refractivity contribution in [1.82, 2.24) is 5.01 Å². The second-order valence-electron chi connectivity index (χ2n) is 7.45. The van der Waals surface area contributed by atoms with Gasteiger partial charge in [-0.2, -0.15) is 5.11 Å². The molecule has 3 amide bonds. The smallest absolute Gasteiger partial charge is 0.263 e. The Hall–Kier alpha value is -3.95. The number of aryl methyl sites for hydroxylation is 1. The van der Waals surface area contributed by atoms with Gasteiger partial charge in [0.2, 0.25) is 5.91 Å². The maximum Gasteiger partial charge on any atom is 0.263 e. The van der Waals surface area contributed by atoms with Gasteiger partial charge < -0.3 is 14.8 Å². The monoisotopic (exact) mass is 421 g/mol. The van der Waals surface area contributed by atoms with Gasteiger partial charge in [0, 0.05) is 11.8 Å². The summed E-state index contributed by atoms with van der Waals surface area (Å²) in [6.45, 7) is 2.55. The fourth-order valence-electron chi connectivity index (χ4n) is 3.85. The van der Waals surface area contributed by atoms with Crippen LogP contribution in [-0.4, -0.2) is 54.6 Å². The first-order valence-corrected chi connectivity index (χ1v) is 9.83. The van der Waals surface area contributed by atoms with Crippen molar-refractivity contribution in [2.75, 3.05) is 30.0 Å². The fourth-order valence-corrected chi connectivity index (χ4v) is 3.85. The molecule has 158 valence electrons. The van der Waals surface area contributed by atoms with Crippen molar-refractivity contribution in [2.45, 2.75) is 19.0 Å². The molecule has 31 heavy (non-hydrogen) atoms. The number of ether oxygens (including phenoxy) is 2. The summed E-state index contributed by atoms with van der Waals surface area (Å²) in [7, 11) is 0. The lowest BCUT2D eigenvalue weighted by Gasteiger charge is -2.22. The molecule has 0 aromatic heterocycles. The molecular formula is C21H19N5O5. The zero-order valence-corrected chi connectivity index (χ0v) is 16.6. The first-order valence-electron chi connectivity index (χ1n) is 9.83. The van der Waals surface area contributed by atoms with E-state index in [-0.39, 0.29) is 12.5 Å². The summed E-state index contributed by atoms with van der Waals surface area (Å²) < 4.78 is 11.0. The van der Waals surface area contributed by atoms with Crippen molar-refractivity contribution in [3.05, 3.63) is 48.0 Å². The molecule has 2 atom stereocenters. The summed E-state index contributed by atoms with van der Waals surface area (Å²) in [6.07, 6.45) is 0. The lowest BCUT2D eigenvalue weighted by Crippen LogP contribution is -2.43. The predicted octanol–water partition coefficient (Wildman–Crippen LogP) is 1.70. The van der Waals surface area contributed by atoms with Crippen molar-refractivity contribution >= 4 is 29.1 Å². The number of nitrogens with one attached hydrogen (secondary N) is 1. The summed E-state index contributed by atoms with van der Waals surface area (Å²) >= 11 is 0. The van der Waals surface area contributed by atoms with Gasteiger partial charge in [0.1, 0.15) is 19.8 Å². The molecule has 3 heterocycles. The maximum atomic E-state index is 13.1. The molecular weight excluding hydrogens is 402 g/mol. The zero-order valence-electron chi connectivity index (χ0n) is 16.6. The highest BCUT2D eigenvalue weighted by Crippen LogP contribution is 2.37. The number of hydrogen-bond donors (Lipinski definition) is 1. The Bertz CT molecular complexity index is 1120. The molecule has 1 N–H and O–H groups in total. The van der Waals surface area contributed by atoms with E-state index in [1.807, 2.05) is 25.1 Å². The van der Waals surface area contributed by atoms with Gasteiger partial charge in [0.25, 0.3) is 11.8 Å².